The predicted octanol–water partition coefficient (Wildman–Crippen LogP) is 6.90. The zero-order valence-corrected chi connectivity index (χ0v) is 27.1. The SMILES string of the molecule is C#CCC1=C(C)[C@@H](OC(=O)C2C(C=C(C)C)C2(C)C)CC1=O.C=CCC1=C(C)C(OC(=O)C2C(C)(C)C2(C)C)CC1=O. The lowest BCUT2D eigenvalue weighted by Gasteiger charge is -2.14. The van der Waals surface area contributed by atoms with Crippen molar-refractivity contribution in [3.8, 4) is 12.3 Å². The monoisotopic (exact) mass is 576 g/mol. The molecule has 3 unspecified atom stereocenters. The lowest BCUT2D eigenvalue weighted by molar-refractivity contribution is -0.151. The average molecular weight is 577 g/mol. The van der Waals surface area contributed by atoms with Gasteiger partial charge in [0.25, 0.3) is 0 Å². The molecule has 4 aliphatic rings. The molecule has 0 aromatic rings. The van der Waals surface area contributed by atoms with Crippen LogP contribution in [-0.2, 0) is 28.7 Å². The van der Waals surface area contributed by atoms with E-state index >= 15 is 0 Å². The number of Topliss-reactive ketones (excluding diaryl/α,β-unsaturated/α-hetero) is 2. The highest BCUT2D eigenvalue weighted by Crippen LogP contribution is 2.68. The van der Waals surface area contributed by atoms with Crippen LogP contribution in [0.2, 0.25) is 0 Å². The minimum Gasteiger partial charge on any atom is -0.457 e. The number of hydrogen-bond acceptors (Lipinski definition) is 6. The van der Waals surface area contributed by atoms with Crippen LogP contribution in [0.25, 0.3) is 0 Å². The molecule has 0 radical (unpaired) electrons. The molecule has 42 heavy (non-hydrogen) atoms. The first kappa shape index (κ1) is 33.3. The van der Waals surface area contributed by atoms with Crippen LogP contribution in [-0.4, -0.2) is 35.7 Å². The van der Waals surface area contributed by atoms with Crippen LogP contribution in [0.5, 0.6) is 0 Å². The minimum atomic E-state index is -0.438. The van der Waals surface area contributed by atoms with Crippen molar-refractivity contribution in [2.75, 3.05) is 0 Å². The van der Waals surface area contributed by atoms with Crippen LogP contribution < -0.4 is 0 Å². The summed E-state index contributed by atoms with van der Waals surface area (Å²) in [5, 5.41) is 0. The third kappa shape index (κ3) is 6.12. The van der Waals surface area contributed by atoms with Crippen molar-refractivity contribution in [1.82, 2.24) is 0 Å². The van der Waals surface area contributed by atoms with E-state index in [9.17, 15) is 19.2 Å². The second-order valence-corrected chi connectivity index (χ2v) is 14.2. The van der Waals surface area contributed by atoms with Gasteiger partial charge in [-0.15, -0.1) is 18.9 Å². The maximum atomic E-state index is 12.5. The van der Waals surface area contributed by atoms with Gasteiger partial charge in [0.1, 0.15) is 12.2 Å². The largest absolute Gasteiger partial charge is 0.457 e. The van der Waals surface area contributed by atoms with Gasteiger partial charge in [-0.1, -0.05) is 59.3 Å². The van der Waals surface area contributed by atoms with Gasteiger partial charge in [-0.3, -0.25) is 19.2 Å². The van der Waals surface area contributed by atoms with Gasteiger partial charge < -0.3 is 9.47 Å². The van der Waals surface area contributed by atoms with Crippen LogP contribution in [0.3, 0.4) is 0 Å². The third-order valence-electron chi connectivity index (χ3n) is 10.4. The molecule has 228 valence electrons. The normalized spacial score (nSPS) is 28.4. The summed E-state index contributed by atoms with van der Waals surface area (Å²) in [6.07, 6.45) is 9.71. The molecule has 0 amide bonds. The first-order valence-corrected chi connectivity index (χ1v) is 14.9. The Hall–Kier alpha value is -3.20. The van der Waals surface area contributed by atoms with Gasteiger partial charge in [-0.2, -0.15) is 0 Å². The fourth-order valence-corrected chi connectivity index (χ4v) is 6.74. The molecule has 6 heteroatoms. The molecule has 2 saturated carbocycles. The molecule has 0 aromatic heterocycles. The smallest absolute Gasteiger partial charge is 0.310 e. The van der Waals surface area contributed by atoms with E-state index in [1.165, 1.54) is 5.57 Å². The van der Waals surface area contributed by atoms with Gasteiger partial charge in [0.15, 0.2) is 11.6 Å². The molecule has 0 heterocycles. The minimum absolute atomic E-state index is 0.00385. The van der Waals surface area contributed by atoms with Gasteiger partial charge in [-0.05, 0) is 67.4 Å². The Balaban J connectivity index is 0.000000231. The van der Waals surface area contributed by atoms with Crippen LogP contribution >= 0.6 is 0 Å². The van der Waals surface area contributed by atoms with Crippen LogP contribution in [0.4, 0.5) is 0 Å². The predicted molar refractivity (Wildman–Crippen MR) is 164 cm³/mol. The molecule has 2 fully saturated rings. The van der Waals surface area contributed by atoms with E-state index in [-0.39, 0.29) is 76.4 Å². The van der Waals surface area contributed by atoms with Crippen molar-refractivity contribution in [3.63, 3.8) is 0 Å². The number of rotatable bonds is 8. The highest BCUT2D eigenvalue weighted by Gasteiger charge is 2.69. The van der Waals surface area contributed by atoms with Gasteiger partial charge in [0.2, 0.25) is 0 Å². The number of esters is 2. The summed E-state index contributed by atoms with van der Waals surface area (Å²) in [5.74, 6) is 2.22. The summed E-state index contributed by atoms with van der Waals surface area (Å²) < 4.78 is 11.2. The summed E-state index contributed by atoms with van der Waals surface area (Å²) >= 11 is 0. The lowest BCUT2D eigenvalue weighted by Crippen LogP contribution is -2.21. The maximum absolute atomic E-state index is 12.5. The summed E-state index contributed by atoms with van der Waals surface area (Å²) in [4.78, 5) is 48.6. The lowest BCUT2D eigenvalue weighted by atomic mass is 10.0. The number of hydrogen-bond donors (Lipinski definition) is 0. The average Bonchev–Trinajstić information content (AvgIpc) is 3.42. The van der Waals surface area contributed by atoms with Crippen molar-refractivity contribution >= 4 is 23.5 Å². The van der Waals surface area contributed by atoms with E-state index in [1.54, 1.807) is 6.08 Å². The molecule has 4 atom stereocenters. The van der Waals surface area contributed by atoms with Crippen LogP contribution in [0.1, 0.15) is 94.9 Å². The zero-order valence-electron chi connectivity index (χ0n) is 27.1. The second kappa shape index (κ2) is 11.8. The van der Waals surface area contributed by atoms with E-state index in [2.05, 4.69) is 60.1 Å². The first-order chi connectivity index (χ1) is 19.3. The van der Waals surface area contributed by atoms with Gasteiger partial charge in [0, 0.05) is 17.6 Å². The highest BCUT2D eigenvalue weighted by molar-refractivity contribution is 6.00. The molecule has 4 aliphatic carbocycles. The highest BCUT2D eigenvalue weighted by atomic mass is 16.5. The number of ketones is 2. The Morgan fingerprint density at radius 2 is 1.38 bits per heavy atom. The standard InChI is InChI=1S/C19H24O3.C17H24O3/c1-7-8-13-12(4)16(10-15(13)20)22-18(21)17-14(9-11(2)3)19(17,5)6;1-7-8-11-10(2)13(9-12(11)18)20-15(19)14-16(3,4)17(14,5)6/h1,9,14,16-17H,8,10H2,2-6H3;7,13-14H,1,8-9H2,2-6H3/t14?,16-,17?;/m0./s1. The van der Waals surface area contributed by atoms with Gasteiger partial charge in [-0.25, -0.2) is 0 Å². The molecule has 0 aliphatic heterocycles. The van der Waals surface area contributed by atoms with Crippen molar-refractivity contribution in [2.45, 2.75) is 107 Å². The van der Waals surface area contributed by atoms with Gasteiger partial charge in [0.05, 0.1) is 24.7 Å². The fourth-order valence-electron chi connectivity index (χ4n) is 6.74. The fraction of sp³-hybridized carbons (Fsp3) is 0.611. The molecule has 0 bridgehead atoms. The zero-order chi connectivity index (χ0) is 31.9. The Labute approximate surface area is 252 Å². The molecule has 6 nitrogen and oxygen atoms in total. The topological polar surface area (TPSA) is 86.7 Å². The molecule has 4 rings (SSSR count). The van der Waals surface area contributed by atoms with E-state index < -0.39 is 6.10 Å². The van der Waals surface area contributed by atoms with E-state index in [1.807, 2.05) is 27.7 Å². The first-order valence-electron chi connectivity index (χ1n) is 14.9. The van der Waals surface area contributed by atoms with Crippen LogP contribution in [0, 0.1) is 46.3 Å². The Morgan fingerprint density at radius 3 is 1.83 bits per heavy atom. The number of carbonyl (C=O) groups excluding carboxylic acids is 4. The summed E-state index contributed by atoms with van der Waals surface area (Å²) in [6.45, 7) is 24.0. The van der Waals surface area contributed by atoms with E-state index in [0.717, 1.165) is 16.7 Å². The quantitative estimate of drug-likeness (QED) is 0.178. The number of terminal acetylenes is 1. The third-order valence-corrected chi connectivity index (χ3v) is 10.4. The molecular weight excluding hydrogens is 528 g/mol. The summed E-state index contributed by atoms with van der Waals surface area (Å²) in [5.41, 5.74) is 4.16. The van der Waals surface area contributed by atoms with E-state index in [4.69, 9.17) is 15.9 Å². The van der Waals surface area contributed by atoms with Crippen LogP contribution in [0.15, 0.2) is 46.6 Å². The molecule has 0 saturated heterocycles. The number of carbonyl (C=O) groups is 4. The second-order valence-electron chi connectivity index (χ2n) is 14.2. The molecule has 0 N–H and O–H groups in total. The Bertz CT molecular complexity index is 1310. The Morgan fingerprint density at radius 1 is 0.905 bits per heavy atom. The number of allylic oxidation sites excluding steroid dienone is 5. The summed E-state index contributed by atoms with van der Waals surface area (Å²) in [7, 11) is 0. The van der Waals surface area contributed by atoms with E-state index in [0.29, 0.717) is 18.4 Å². The molecular formula is C36H48O6. The number of ether oxygens (including phenoxy) is 2. The van der Waals surface area contributed by atoms with Gasteiger partial charge >= 0.3 is 11.9 Å². The van der Waals surface area contributed by atoms with Crippen molar-refractivity contribution in [1.29, 1.82) is 0 Å². The van der Waals surface area contributed by atoms with Crippen molar-refractivity contribution in [3.05, 3.63) is 46.6 Å². The molecule has 0 aromatic carbocycles. The van der Waals surface area contributed by atoms with Crippen molar-refractivity contribution in [2.24, 2.45) is 34.0 Å². The molecule has 0 spiro atoms. The summed E-state index contributed by atoms with van der Waals surface area (Å²) in [6, 6.07) is 0. The maximum Gasteiger partial charge on any atom is 0.310 e. The Kier molecular flexibility index (Phi) is 9.38. The van der Waals surface area contributed by atoms with Crippen molar-refractivity contribution < 1.29 is 28.7 Å².